The lowest BCUT2D eigenvalue weighted by Gasteiger charge is -2.23. The molecule has 1 saturated carbocycles. The first-order valence-electron chi connectivity index (χ1n) is 12.2. The van der Waals surface area contributed by atoms with Crippen LogP contribution in [0.3, 0.4) is 0 Å². The molecule has 0 atom stereocenters. The first kappa shape index (κ1) is 25.8. The topological polar surface area (TPSA) is 84.4 Å². The molecule has 35 heavy (non-hydrogen) atoms. The fourth-order valence-electron chi connectivity index (χ4n) is 4.10. The van der Waals surface area contributed by atoms with Gasteiger partial charge in [-0.1, -0.05) is 66.9 Å². The summed E-state index contributed by atoms with van der Waals surface area (Å²) in [7, 11) is 0. The third-order valence-electron chi connectivity index (χ3n) is 5.89. The van der Waals surface area contributed by atoms with Crippen LogP contribution in [0.25, 0.3) is 6.08 Å². The van der Waals surface area contributed by atoms with Crippen molar-refractivity contribution in [2.75, 3.05) is 11.9 Å². The number of thioether (sulfide) groups is 1. The van der Waals surface area contributed by atoms with Gasteiger partial charge in [0.25, 0.3) is 5.91 Å². The quantitative estimate of drug-likeness (QED) is 0.306. The van der Waals surface area contributed by atoms with Crippen LogP contribution in [0.1, 0.15) is 68.9 Å². The molecule has 0 radical (unpaired) electrons. The summed E-state index contributed by atoms with van der Waals surface area (Å²) >= 11 is 8.16. The van der Waals surface area contributed by atoms with E-state index in [1.54, 1.807) is 4.90 Å². The molecule has 2 heterocycles. The lowest BCUT2D eigenvalue weighted by molar-refractivity contribution is -0.122. The molecule has 1 N–H and O–H groups in total. The number of benzene rings is 1. The Morgan fingerprint density at radius 2 is 2.06 bits per heavy atom. The van der Waals surface area contributed by atoms with E-state index in [0.29, 0.717) is 27.3 Å². The summed E-state index contributed by atoms with van der Waals surface area (Å²) in [5.41, 5.74) is 0.887. The molecule has 2 aliphatic rings. The Balaban J connectivity index is 1.31. The first-order valence-corrected chi connectivity index (χ1v) is 14.2. The lowest BCUT2D eigenvalue weighted by atomic mass is 9.97. The molecule has 1 aliphatic heterocycles. The van der Waals surface area contributed by atoms with E-state index in [1.807, 2.05) is 30.3 Å². The second-order valence-electron chi connectivity index (χ2n) is 8.65. The van der Waals surface area contributed by atoms with Gasteiger partial charge in [-0.05, 0) is 50.7 Å². The minimum atomic E-state index is -0.140. The highest BCUT2D eigenvalue weighted by Gasteiger charge is 2.32. The maximum atomic E-state index is 13.0. The van der Waals surface area contributed by atoms with Crippen LogP contribution in [0.5, 0.6) is 5.75 Å². The minimum absolute atomic E-state index is 0.124. The van der Waals surface area contributed by atoms with Crippen LogP contribution in [-0.4, -0.2) is 43.9 Å². The van der Waals surface area contributed by atoms with Crippen molar-refractivity contribution < 1.29 is 14.3 Å². The zero-order chi connectivity index (χ0) is 24.6. The van der Waals surface area contributed by atoms with Crippen molar-refractivity contribution in [1.29, 1.82) is 0 Å². The van der Waals surface area contributed by atoms with Crippen LogP contribution in [0, 0.1) is 0 Å². The second-order valence-corrected chi connectivity index (χ2v) is 11.4. The zero-order valence-corrected chi connectivity index (χ0v) is 22.3. The SMILES string of the molecule is CCCc1nnc(NC(=O)CCCN2C(=O)/C(=C/c3ccccc3OC3CCCCC3)SC2=S)s1. The van der Waals surface area contributed by atoms with Crippen molar-refractivity contribution in [2.24, 2.45) is 0 Å². The molecular formula is C25H30N4O3S3. The Hall–Kier alpha value is -2.30. The molecule has 0 unspecified atom stereocenters. The van der Waals surface area contributed by atoms with Gasteiger partial charge in [-0.15, -0.1) is 10.2 Å². The monoisotopic (exact) mass is 530 g/mol. The highest BCUT2D eigenvalue weighted by Crippen LogP contribution is 2.35. The van der Waals surface area contributed by atoms with E-state index in [9.17, 15) is 9.59 Å². The third-order valence-corrected chi connectivity index (χ3v) is 8.16. The van der Waals surface area contributed by atoms with Gasteiger partial charge in [-0.25, -0.2) is 0 Å². The number of rotatable bonds is 10. The first-order chi connectivity index (χ1) is 17.0. The Kier molecular flexibility index (Phi) is 9.28. The van der Waals surface area contributed by atoms with Gasteiger partial charge in [0.2, 0.25) is 11.0 Å². The average Bonchev–Trinajstić information content (AvgIpc) is 3.40. The minimum Gasteiger partial charge on any atom is -0.490 e. The van der Waals surface area contributed by atoms with Crippen LogP contribution in [0.2, 0.25) is 0 Å². The maximum Gasteiger partial charge on any atom is 0.266 e. The number of aryl methyl sites for hydroxylation is 1. The average molecular weight is 531 g/mol. The number of nitrogens with one attached hydrogen (secondary N) is 1. The zero-order valence-electron chi connectivity index (χ0n) is 19.8. The molecule has 1 saturated heterocycles. The number of carbonyl (C=O) groups excluding carboxylic acids is 2. The number of thiocarbonyl (C=S) groups is 1. The number of aromatic nitrogens is 2. The van der Waals surface area contributed by atoms with Crippen molar-refractivity contribution in [2.45, 2.75) is 70.8 Å². The Bertz CT molecular complexity index is 1100. The molecule has 1 aliphatic carbocycles. The standard InChI is InChI=1S/C25H30N4O3S3/c1-2-9-22-27-28-24(35-22)26-21(30)14-8-15-29-23(31)20(34-25(29)33)16-17-10-6-7-13-19(17)32-18-11-4-3-5-12-18/h6-7,10,13,16,18H,2-5,8-9,11-12,14-15H2,1H3,(H,26,28,30)/b20-16-. The summed E-state index contributed by atoms with van der Waals surface area (Å²) in [5, 5.41) is 12.3. The molecule has 186 valence electrons. The van der Waals surface area contributed by atoms with Gasteiger partial charge in [0.15, 0.2) is 0 Å². The van der Waals surface area contributed by atoms with Gasteiger partial charge < -0.3 is 10.1 Å². The van der Waals surface area contributed by atoms with Crippen LogP contribution in [0.4, 0.5) is 5.13 Å². The number of hydrogen-bond acceptors (Lipinski definition) is 8. The summed E-state index contributed by atoms with van der Waals surface area (Å²) in [6.07, 6.45) is 10.5. The third kappa shape index (κ3) is 7.11. The summed E-state index contributed by atoms with van der Waals surface area (Å²) in [4.78, 5) is 27.5. The fraction of sp³-hybridized carbons (Fsp3) is 0.480. The molecule has 10 heteroatoms. The van der Waals surface area contributed by atoms with Crippen molar-refractivity contribution in [3.05, 3.63) is 39.7 Å². The Labute approximate surface area is 219 Å². The van der Waals surface area contributed by atoms with E-state index in [0.717, 1.165) is 42.0 Å². The second kappa shape index (κ2) is 12.6. The van der Waals surface area contributed by atoms with E-state index < -0.39 is 0 Å². The number of nitrogens with zero attached hydrogens (tertiary/aromatic N) is 3. The molecule has 4 rings (SSSR count). The van der Waals surface area contributed by atoms with Crippen LogP contribution >= 0.6 is 35.3 Å². The molecular weight excluding hydrogens is 501 g/mol. The van der Waals surface area contributed by atoms with Gasteiger partial charge in [-0.2, -0.15) is 0 Å². The predicted molar refractivity (Wildman–Crippen MR) is 146 cm³/mol. The van der Waals surface area contributed by atoms with E-state index >= 15 is 0 Å². The normalized spacial score (nSPS) is 17.9. The van der Waals surface area contributed by atoms with Gasteiger partial charge >= 0.3 is 0 Å². The molecule has 2 amide bonds. The summed E-state index contributed by atoms with van der Waals surface area (Å²) < 4.78 is 6.79. The predicted octanol–water partition coefficient (Wildman–Crippen LogP) is 5.82. The number of para-hydroxylation sites is 1. The number of ether oxygens (including phenoxy) is 1. The number of anilines is 1. The number of hydrogen-bond donors (Lipinski definition) is 1. The molecule has 2 fully saturated rings. The largest absolute Gasteiger partial charge is 0.490 e. The van der Waals surface area contributed by atoms with Gasteiger partial charge in [0.05, 0.1) is 11.0 Å². The maximum absolute atomic E-state index is 13.0. The summed E-state index contributed by atoms with van der Waals surface area (Å²) in [6.45, 7) is 2.47. The number of carbonyl (C=O) groups is 2. The Morgan fingerprint density at radius 3 is 2.86 bits per heavy atom. The highest BCUT2D eigenvalue weighted by molar-refractivity contribution is 8.26. The van der Waals surface area contributed by atoms with Crippen molar-refractivity contribution in [3.63, 3.8) is 0 Å². The molecule has 0 spiro atoms. The molecule has 2 aromatic rings. The fourth-order valence-corrected chi connectivity index (χ4v) is 6.26. The van der Waals surface area contributed by atoms with E-state index in [1.165, 1.54) is 42.4 Å². The van der Waals surface area contributed by atoms with Gasteiger partial charge in [0, 0.05) is 24.9 Å². The summed E-state index contributed by atoms with van der Waals surface area (Å²) in [5.74, 6) is 0.542. The smallest absolute Gasteiger partial charge is 0.266 e. The van der Waals surface area contributed by atoms with Gasteiger partial charge in [-0.3, -0.25) is 14.5 Å². The van der Waals surface area contributed by atoms with E-state index in [2.05, 4.69) is 22.4 Å². The highest BCUT2D eigenvalue weighted by atomic mass is 32.2. The van der Waals surface area contributed by atoms with Crippen LogP contribution < -0.4 is 10.1 Å². The molecule has 1 aromatic carbocycles. The van der Waals surface area contributed by atoms with Crippen LogP contribution in [0.15, 0.2) is 29.2 Å². The molecule has 0 bridgehead atoms. The Morgan fingerprint density at radius 1 is 1.26 bits per heavy atom. The van der Waals surface area contributed by atoms with Crippen molar-refractivity contribution in [3.8, 4) is 5.75 Å². The van der Waals surface area contributed by atoms with Gasteiger partial charge in [0.1, 0.15) is 15.1 Å². The van der Waals surface area contributed by atoms with E-state index in [4.69, 9.17) is 17.0 Å². The molecule has 1 aromatic heterocycles. The van der Waals surface area contributed by atoms with Crippen molar-refractivity contribution >= 4 is 62.7 Å². The molecule has 7 nitrogen and oxygen atoms in total. The number of amides is 2. The van der Waals surface area contributed by atoms with Crippen LogP contribution in [-0.2, 0) is 16.0 Å². The summed E-state index contributed by atoms with van der Waals surface area (Å²) in [6, 6.07) is 7.83. The van der Waals surface area contributed by atoms with Crippen molar-refractivity contribution in [1.82, 2.24) is 15.1 Å². The van der Waals surface area contributed by atoms with E-state index in [-0.39, 0.29) is 24.3 Å². The lowest BCUT2D eigenvalue weighted by Crippen LogP contribution is -2.29.